The second-order valence-electron chi connectivity index (χ2n) is 10.0. The largest absolute Gasteiger partial charge is 0.289 e. The van der Waals surface area contributed by atoms with Crippen LogP contribution < -0.4 is 0 Å². The molecule has 2 aliphatic carbocycles. The van der Waals surface area contributed by atoms with Crippen LogP contribution in [0.3, 0.4) is 0 Å². The molecule has 3 heteroatoms. The van der Waals surface area contributed by atoms with E-state index in [4.69, 9.17) is 0 Å². The lowest BCUT2D eigenvalue weighted by Crippen LogP contribution is -2.11. The first kappa shape index (κ1) is 19.8. The molecule has 0 radical (unpaired) electrons. The van der Waals surface area contributed by atoms with Crippen LogP contribution in [0.25, 0.3) is 65.3 Å². The van der Waals surface area contributed by atoms with E-state index in [1.807, 2.05) is 54.6 Å². The van der Waals surface area contributed by atoms with Gasteiger partial charge in [-0.1, -0.05) is 76.6 Å². The predicted molar refractivity (Wildman–Crippen MR) is 153 cm³/mol. The minimum Gasteiger partial charge on any atom is -0.289 e. The number of carbonyl (C=O) groups is 2. The van der Waals surface area contributed by atoms with Gasteiger partial charge in [0, 0.05) is 37.5 Å². The SMILES string of the molecule is O=C1c2ccccc2-c2ccc3c4ccc5c6c(ccc(c7ccc1c2c37)c64)-c1cc(Br)ccc1C5=O. The summed E-state index contributed by atoms with van der Waals surface area (Å²) >= 11 is 3.60. The molecular formula is C34H15BrO2. The number of halogens is 1. The van der Waals surface area contributed by atoms with E-state index in [0.29, 0.717) is 0 Å². The molecule has 0 spiro atoms. The number of rotatable bonds is 0. The standard InChI is InChI=1S/C34H15BrO2/c35-16-5-6-25-28(15-16)23-10-9-20-21-11-13-26-31-18(17-3-1-2-4-24(17)33(26)36)7-8-19(29(21)31)22-12-14-27(34(25)37)32(23)30(20)22/h1-15H. The van der Waals surface area contributed by atoms with Crippen LogP contribution in [-0.2, 0) is 0 Å². The first-order valence-electron chi connectivity index (χ1n) is 12.3. The van der Waals surface area contributed by atoms with Gasteiger partial charge in [-0.25, -0.2) is 0 Å². The van der Waals surface area contributed by atoms with Crippen LogP contribution in [0.5, 0.6) is 0 Å². The van der Waals surface area contributed by atoms with Gasteiger partial charge in [-0.3, -0.25) is 9.59 Å². The smallest absolute Gasteiger partial charge is 0.194 e. The summed E-state index contributed by atoms with van der Waals surface area (Å²) in [6, 6.07) is 30.7. The Kier molecular flexibility index (Phi) is 3.48. The Hall–Kier alpha value is -4.34. The number of ketones is 2. The van der Waals surface area contributed by atoms with E-state index in [1.165, 1.54) is 0 Å². The Bertz CT molecular complexity index is 2220. The quantitative estimate of drug-likeness (QED) is 0.144. The highest BCUT2D eigenvalue weighted by atomic mass is 79.9. The summed E-state index contributed by atoms with van der Waals surface area (Å²) in [6.07, 6.45) is 0. The van der Waals surface area contributed by atoms with Crippen molar-refractivity contribution < 1.29 is 9.59 Å². The van der Waals surface area contributed by atoms with E-state index in [1.54, 1.807) is 0 Å². The van der Waals surface area contributed by atoms with Crippen LogP contribution >= 0.6 is 15.9 Å². The summed E-state index contributed by atoms with van der Waals surface area (Å²) in [5.74, 6) is 0.146. The molecule has 170 valence electrons. The fourth-order valence-electron chi connectivity index (χ4n) is 6.86. The van der Waals surface area contributed by atoms with Gasteiger partial charge in [0.05, 0.1) is 0 Å². The Morgan fingerprint density at radius 2 is 0.811 bits per heavy atom. The van der Waals surface area contributed by atoms with Crippen molar-refractivity contribution in [3.8, 4) is 22.3 Å². The van der Waals surface area contributed by atoms with E-state index in [2.05, 4.69) is 52.3 Å². The van der Waals surface area contributed by atoms with Crippen molar-refractivity contribution in [1.82, 2.24) is 0 Å². The van der Waals surface area contributed by atoms with Gasteiger partial charge in [-0.2, -0.15) is 0 Å². The summed E-state index contributed by atoms with van der Waals surface area (Å²) in [7, 11) is 0. The molecule has 0 saturated heterocycles. The highest BCUT2D eigenvalue weighted by Crippen LogP contribution is 2.50. The van der Waals surface area contributed by atoms with Crippen LogP contribution in [0.15, 0.2) is 95.5 Å². The fraction of sp³-hybridized carbons (Fsp3) is 0. The lowest BCUT2D eigenvalue weighted by Gasteiger charge is -2.25. The lowest BCUT2D eigenvalue weighted by atomic mass is 9.77. The molecule has 0 N–H and O–H groups in total. The highest BCUT2D eigenvalue weighted by molar-refractivity contribution is 9.10. The maximum Gasteiger partial charge on any atom is 0.194 e. The zero-order chi connectivity index (χ0) is 24.6. The molecule has 0 aliphatic heterocycles. The van der Waals surface area contributed by atoms with Gasteiger partial charge in [0.15, 0.2) is 11.6 Å². The second kappa shape index (κ2) is 6.50. The van der Waals surface area contributed by atoms with Crippen molar-refractivity contribution in [3.05, 3.63) is 118 Å². The molecule has 0 bridgehead atoms. The number of hydrogen-bond donors (Lipinski definition) is 0. The molecule has 7 aromatic carbocycles. The first-order valence-corrected chi connectivity index (χ1v) is 13.1. The third kappa shape index (κ3) is 2.23. The third-order valence-corrected chi connectivity index (χ3v) is 8.86. The van der Waals surface area contributed by atoms with Crippen LogP contribution in [0.1, 0.15) is 31.8 Å². The summed E-state index contributed by atoms with van der Waals surface area (Å²) < 4.78 is 0.956. The molecule has 0 atom stereocenters. The number of hydrogen-bond acceptors (Lipinski definition) is 2. The van der Waals surface area contributed by atoms with Gasteiger partial charge in [0.1, 0.15) is 0 Å². The van der Waals surface area contributed by atoms with E-state index in [9.17, 15) is 9.59 Å². The average Bonchev–Trinajstić information content (AvgIpc) is 2.93. The summed E-state index contributed by atoms with van der Waals surface area (Å²) in [4.78, 5) is 27.1. The minimum absolute atomic E-state index is 0.0666. The van der Waals surface area contributed by atoms with Crippen LogP contribution in [0.4, 0.5) is 0 Å². The third-order valence-electron chi connectivity index (χ3n) is 8.37. The van der Waals surface area contributed by atoms with Gasteiger partial charge in [0.2, 0.25) is 0 Å². The normalized spacial score (nSPS) is 13.6. The molecule has 0 saturated carbocycles. The van der Waals surface area contributed by atoms with Crippen molar-refractivity contribution in [2.75, 3.05) is 0 Å². The molecule has 0 fully saturated rings. The summed E-state index contributed by atoms with van der Waals surface area (Å²) in [5, 5.41) is 8.76. The number of benzene rings is 7. The zero-order valence-corrected chi connectivity index (χ0v) is 20.9. The number of fused-ring (bicyclic) bond motifs is 6. The predicted octanol–water partition coefficient (Wildman–Crippen LogP) is 8.92. The minimum atomic E-state index is 0.0666. The van der Waals surface area contributed by atoms with Crippen LogP contribution in [0, 0.1) is 0 Å². The molecule has 0 unspecified atom stereocenters. The molecular weight excluding hydrogens is 520 g/mol. The van der Waals surface area contributed by atoms with Crippen molar-refractivity contribution in [3.63, 3.8) is 0 Å². The van der Waals surface area contributed by atoms with Crippen molar-refractivity contribution in [2.45, 2.75) is 0 Å². The number of carbonyl (C=O) groups excluding carboxylic acids is 2. The van der Waals surface area contributed by atoms with E-state index < -0.39 is 0 Å². The lowest BCUT2D eigenvalue weighted by molar-refractivity contribution is 0.103. The Morgan fingerprint density at radius 1 is 0.378 bits per heavy atom. The topological polar surface area (TPSA) is 34.1 Å². The van der Waals surface area contributed by atoms with Gasteiger partial charge >= 0.3 is 0 Å². The summed E-state index contributed by atoms with van der Waals surface area (Å²) in [5.41, 5.74) is 7.17. The van der Waals surface area contributed by atoms with Gasteiger partial charge in [0.25, 0.3) is 0 Å². The van der Waals surface area contributed by atoms with Gasteiger partial charge in [-0.15, -0.1) is 0 Å². The highest BCUT2D eigenvalue weighted by Gasteiger charge is 2.30. The molecule has 9 rings (SSSR count). The average molecular weight is 535 g/mol. The van der Waals surface area contributed by atoms with Crippen molar-refractivity contribution in [2.24, 2.45) is 0 Å². The summed E-state index contributed by atoms with van der Waals surface area (Å²) in [6.45, 7) is 0. The van der Waals surface area contributed by atoms with E-state index >= 15 is 0 Å². The van der Waals surface area contributed by atoms with Crippen molar-refractivity contribution >= 4 is 70.6 Å². The second-order valence-corrected chi connectivity index (χ2v) is 11.0. The van der Waals surface area contributed by atoms with E-state index in [-0.39, 0.29) is 11.6 Å². The zero-order valence-electron chi connectivity index (χ0n) is 19.4. The maximum absolute atomic E-state index is 13.6. The maximum atomic E-state index is 13.6. The Labute approximate surface area is 219 Å². The molecule has 0 amide bonds. The molecule has 7 aromatic rings. The van der Waals surface area contributed by atoms with Crippen molar-refractivity contribution in [1.29, 1.82) is 0 Å². The first-order chi connectivity index (χ1) is 18.1. The molecule has 37 heavy (non-hydrogen) atoms. The molecule has 0 aromatic heterocycles. The molecule has 2 nitrogen and oxygen atoms in total. The molecule has 0 heterocycles. The fourth-order valence-corrected chi connectivity index (χ4v) is 7.22. The van der Waals surface area contributed by atoms with Gasteiger partial charge in [-0.05, 0) is 84.9 Å². The van der Waals surface area contributed by atoms with Gasteiger partial charge < -0.3 is 0 Å². The monoisotopic (exact) mass is 534 g/mol. The molecule has 2 aliphatic rings. The van der Waals surface area contributed by atoms with E-state index in [0.717, 1.165) is 92.1 Å². The van der Waals surface area contributed by atoms with Crippen LogP contribution in [0.2, 0.25) is 0 Å². The van der Waals surface area contributed by atoms with Crippen LogP contribution in [-0.4, -0.2) is 11.6 Å². The Balaban J connectivity index is 1.52. The Morgan fingerprint density at radius 3 is 1.38 bits per heavy atom.